The summed E-state index contributed by atoms with van der Waals surface area (Å²) in [6.45, 7) is 0. The molecule has 0 bridgehead atoms. The standard InChI is InChI=1S/C11H10N4O2/c1-15-10(13-7-14-15)8-2-3-9(12-6-8)11-16-4-5-17-11/h2-7,11H,1H3. The number of hydrogen-bond donors (Lipinski definition) is 0. The molecule has 0 amide bonds. The first-order chi connectivity index (χ1) is 8.34. The third kappa shape index (κ3) is 1.73. The van der Waals surface area contributed by atoms with Crippen LogP contribution in [0.4, 0.5) is 0 Å². The van der Waals surface area contributed by atoms with Crippen LogP contribution >= 0.6 is 0 Å². The molecule has 0 saturated heterocycles. The molecule has 2 aromatic rings. The van der Waals surface area contributed by atoms with Gasteiger partial charge in [-0.1, -0.05) is 0 Å². The van der Waals surface area contributed by atoms with Crippen LogP contribution < -0.4 is 0 Å². The molecule has 1 aliphatic rings. The van der Waals surface area contributed by atoms with Gasteiger partial charge in [-0.25, -0.2) is 9.67 Å². The Morgan fingerprint density at radius 2 is 2.00 bits per heavy atom. The van der Waals surface area contributed by atoms with Gasteiger partial charge < -0.3 is 9.47 Å². The van der Waals surface area contributed by atoms with Crippen LogP contribution in [-0.4, -0.2) is 19.7 Å². The molecule has 0 saturated carbocycles. The fourth-order valence-electron chi connectivity index (χ4n) is 1.61. The summed E-state index contributed by atoms with van der Waals surface area (Å²) in [5, 5.41) is 4.01. The molecule has 0 aromatic carbocycles. The van der Waals surface area contributed by atoms with Crippen molar-refractivity contribution in [2.75, 3.05) is 0 Å². The summed E-state index contributed by atoms with van der Waals surface area (Å²) in [5.41, 5.74) is 1.63. The van der Waals surface area contributed by atoms with Crippen LogP contribution in [0.3, 0.4) is 0 Å². The summed E-state index contributed by atoms with van der Waals surface area (Å²) in [4.78, 5) is 8.44. The lowest BCUT2D eigenvalue weighted by Gasteiger charge is -2.09. The van der Waals surface area contributed by atoms with Crippen molar-refractivity contribution in [1.82, 2.24) is 19.7 Å². The van der Waals surface area contributed by atoms with Crippen molar-refractivity contribution >= 4 is 0 Å². The van der Waals surface area contributed by atoms with Crippen LogP contribution in [0.25, 0.3) is 11.4 Å². The van der Waals surface area contributed by atoms with Gasteiger partial charge >= 0.3 is 0 Å². The van der Waals surface area contributed by atoms with Crippen LogP contribution in [0.2, 0.25) is 0 Å². The number of hydrogen-bond acceptors (Lipinski definition) is 5. The van der Waals surface area contributed by atoms with E-state index in [0.717, 1.165) is 17.1 Å². The summed E-state index contributed by atoms with van der Waals surface area (Å²) in [7, 11) is 1.84. The van der Waals surface area contributed by atoms with Gasteiger partial charge in [-0.3, -0.25) is 4.98 Å². The van der Waals surface area contributed by atoms with E-state index in [9.17, 15) is 0 Å². The predicted molar refractivity (Wildman–Crippen MR) is 58.3 cm³/mol. The number of nitrogens with zero attached hydrogens (tertiary/aromatic N) is 4. The minimum absolute atomic E-state index is 0.441. The largest absolute Gasteiger partial charge is 0.454 e. The molecule has 6 heteroatoms. The minimum Gasteiger partial charge on any atom is -0.454 e. The lowest BCUT2D eigenvalue weighted by molar-refractivity contribution is -0.0279. The Balaban J connectivity index is 1.87. The fourth-order valence-corrected chi connectivity index (χ4v) is 1.61. The summed E-state index contributed by atoms with van der Waals surface area (Å²) < 4.78 is 12.1. The first kappa shape index (κ1) is 9.83. The van der Waals surface area contributed by atoms with Crippen molar-refractivity contribution in [3.8, 4) is 11.4 Å². The molecular formula is C11H10N4O2. The number of aromatic nitrogens is 4. The van der Waals surface area contributed by atoms with Gasteiger partial charge in [0, 0.05) is 18.8 Å². The first-order valence-electron chi connectivity index (χ1n) is 5.11. The molecule has 17 heavy (non-hydrogen) atoms. The zero-order chi connectivity index (χ0) is 11.7. The monoisotopic (exact) mass is 230 g/mol. The topological polar surface area (TPSA) is 62.1 Å². The van der Waals surface area contributed by atoms with Crippen molar-refractivity contribution in [2.24, 2.45) is 7.05 Å². The predicted octanol–water partition coefficient (Wildman–Crippen LogP) is 1.39. The van der Waals surface area contributed by atoms with Gasteiger partial charge in [0.05, 0.1) is 0 Å². The van der Waals surface area contributed by atoms with Gasteiger partial charge in [0.2, 0.25) is 0 Å². The summed E-state index contributed by atoms with van der Waals surface area (Å²) in [5.74, 6) is 0.774. The van der Waals surface area contributed by atoms with E-state index in [1.54, 1.807) is 10.9 Å². The second kappa shape index (κ2) is 3.89. The van der Waals surface area contributed by atoms with Crippen LogP contribution in [0.5, 0.6) is 0 Å². The third-order valence-corrected chi connectivity index (χ3v) is 2.46. The normalized spacial score (nSPS) is 14.6. The first-order valence-corrected chi connectivity index (χ1v) is 5.11. The SMILES string of the molecule is Cn1ncnc1-c1ccc(C2OC=CO2)nc1. The number of ether oxygens (including phenoxy) is 2. The average Bonchev–Trinajstić information content (AvgIpc) is 3.00. The zero-order valence-corrected chi connectivity index (χ0v) is 9.15. The number of pyridine rings is 1. The maximum absolute atomic E-state index is 5.19. The van der Waals surface area contributed by atoms with Gasteiger partial charge in [0.1, 0.15) is 24.5 Å². The minimum atomic E-state index is -0.441. The van der Waals surface area contributed by atoms with Crippen LogP contribution in [0.15, 0.2) is 37.2 Å². The van der Waals surface area contributed by atoms with Crippen molar-refractivity contribution in [1.29, 1.82) is 0 Å². The molecule has 0 N–H and O–H groups in total. The second-order valence-corrected chi connectivity index (χ2v) is 3.56. The molecule has 0 spiro atoms. The maximum atomic E-state index is 5.19. The summed E-state index contributed by atoms with van der Waals surface area (Å²) in [6, 6.07) is 3.76. The molecule has 2 aromatic heterocycles. The van der Waals surface area contributed by atoms with E-state index in [4.69, 9.17) is 9.47 Å². The van der Waals surface area contributed by atoms with E-state index in [1.807, 2.05) is 19.2 Å². The average molecular weight is 230 g/mol. The molecule has 3 rings (SSSR count). The Morgan fingerprint density at radius 3 is 2.59 bits per heavy atom. The van der Waals surface area contributed by atoms with Crippen molar-refractivity contribution in [3.05, 3.63) is 42.9 Å². The Labute approximate surface area is 97.5 Å². The molecule has 3 heterocycles. The van der Waals surface area contributed by atoms with Gasteiger partial charge in [-0.15, -0.1) is 0 Å². The molecule has 0 radical (unpaired) electrons. The lowest BCUT2D eigenvalue weighted by atomic mass is 10.2. The van der Waals surface area contributed by atoms with Gasteiger partial charge in [-0.05, 0) is 12.1 Å². The molecule has 1 aliphatic heterocycles. The van der Waals surface area contributed by atoms with Gasteiger partial charge in [-0.2, -0.15) is 5.10 Å². The molecule has 0 unspecified atom stereocenters. The van der Waals surface area contributed by atoms with Gasteiger partial charge in [0.25, 0.3) is 6.29 Å². The maximum Gasteiger partial charge on any atom is 0.283 e. The Kier molecular flexibility index (Phi) is 2.25. The smallest absolute Gasteiger partial charge is 0.283 e. The molecule has 0 fully saturated rings. The van der Waals surface area contributed by atoms with E-state index >= 15 is 0 Å². The van der Waals surface area contributed by atoms with E-state index in [0.29, 0.717) is 0 Å². The Hall–Kier alpha value is -2.37. The van der Waals surface area contributed by atoms with E-state index in [2.05, 4.69) is 15.1 Å². The van der Waals surface area contributed by atoms with Crippen molar-refractivity contribution in [2.45, 2.75) is 6.29 Å². The zero-order valence-electron chi connectivity index (χ0n) is 9.15. The highest BCUT2D eigenvalue weighted by Gasteiger charge is 2.17. The van der Waals surface area contributed by atoms with Crippen LogP contribution in [0.1, 0.15) is 12.0 Å². The summed E-state index contributed by atoms with van der Waals surface area (Å²) >= 11 is 0. The quantitative estimate of drug-likeness (QED) is 0.780. The highest BCUT2D eigenvalue weighted by atomic mass is 16.7. The van der Waals surface area contributed by atoms with Crippen molar-refractivity contribution in [3.63, 3.8) is 0 Å². The third-order valence-electron chi connectivity index (χ3n) is 2.46. The molecular weight excluding hydrogens is 220 g/mol. The van der Waals surface area contributed by atoms with E-state index in [-0.39, 0.29) is 0 Å². The second-order valence-electron chi connectivity index (χ2n) is 3.56. The Bertz CT molecular complexity index is 539. The lowest BCUT2D eigenvalue weighted by Crippen LogP contribution is -2.01. The van der Waals surface area contributed by atoms with Crippen LogP contribution in [-0.2, 0) is 16.5 Å². The van der Waals surface area contributed by atoms with Crippen molar-refractivity contribution < 1.29 is 9.47 Å². The summed E-state index contributed by atoms with van der Waals surface area (Å²) in [6.07, 6.45) is 5.80. The highest BCUT2D eigenvalue weighted by Crippen LogP contribution is 2.23. The molecule has 6 nitrogen and oxygen atoms in total. The van der Waals surface area contributed by atoms with E-state index < -0.39 is 6.29 Å². The molecule has 86 valence electrons. The number of aryl methyl sites for hydroxylation is 1. The number of rotatable bonds is 2. The molecule has 0 aliphatic carbocycles. The van der Waals surface area contributed by atoms with Crippen LogP contribution in [0, 0.1) is 0 Å². The highest BCUT2D eigenvalue weighted by molar-refractivity contribution is 5.53. The Morgan fingerprint density at radius 1 is 1.18 bits per heavy atom. The molecule has 0 atom stereocenters. The van der Waals surface area contributed by atoms with Gasteiger partial charge in [0.15, 0.2) is 5.82 Å². The van der Waals surface area contributed by atoms with E-state index in [1.165, 1.54) is 18.9 Å². The fraction of sp³-hybridized carbons (Fsp3) is 0.182.